The molecule has 0 heterocycles. The van der Waals surface area contributed by atoms with Gasteiger partial charge < -0.3 is 5.32 Å². The van der Waals surface area contributed by atoms with Gasteiger partial charge in [-0.25, -0.2) is 0 Å². The summed E-state index contributed by atoms with van der Waals surface area (Å²) in [7, 11) is 1.99. The molecule has 1 N–H and O–H groups in total. The van der Waals surface area contributed by atoms with Gasteiger partial charge in [-0.15, -0.1) is 0 Å². The normalized spacial score (nSPS) is 19.8. The molecule has 1 heteroatoms. The van der Waals surface area contributed by atoms with Gasteiger partial charge >= 0.3 is 0 Å². The molecule has 0 spiro atoms. The van der Waals surface area contributed by atoms with Crippen molar-refractivity contribution in [3.05, 3.63) is 36.0 Å². The molecular weight excluding hydrogens is 158 g/mol. The van der Waals surface area contributed by atoms with E-state index in [0.29, 0.717) is 0 Å². The Labute approximate surface area is 81.2 Å². The highest BCUT2D eigenvalue weighted by molar-refractivity contribution is 5.30. The number of hydrogen-bond donors (Lipinski definition) is 1. The molecule has 0 radical (unpaired) electrons. The minimum Gasteiger partial charge on any atom is -0.319 e. The molecule has 0 bridgehead atoms. The first-order valence-corrected chi connectivity index (χ1v) is 4.86. The summed E-state index contributed by atoms with van der Waals surface area (Å²) >= 11 is 0. The van der Waals surface area contributed by atoms with E-state index in [9.17, 15) is 0 Å². The quantitative estimate of drug-likeness (QED) is 0.699. The van der Waals surface area contributed by atoms with Crippen LogP contribution in [0.5, 0.6) is 0 Å². The monoisotopic (exact) mass is 177 g/mol. The molecule has 13 heavy (non-hydrogen) atoms. The smallest absolute Gasteiger partial charge is 0.00107 e. The van der Waals surface area contributed by atoms with E-state index in [2.05, 4.69) is 49.5 Å². The van der Waals surface area contributed by atoms with Crippen molar-refractivity contribution in [2.45, 2.75) is 20.3 Å². The molecule has 0 aliphatic heterocycles. The van der Waals surface area contributed by atoms with Gasteiger partial charge in [0.1, 0.15) is 0 Å². The second kappa shape index (κ2) is 4.43. The van der Waals surface area contributed by atoms with Crippen LogP contribution in [0.2, 0.25) is 0 Å². The fourth-order valence-electron chi connectivity index (χ4n) is 1.29. The molecule has 1 aliphatic rings. The van der Waals surface area contributed by atoms with E-state index in [1.54, 1.807) is 0 Å². The van der Waals surface area contributed by atoms with Gasteiger partial charge in [-0.2, -0.15) is 0 Å². The lowest BCUT2D eigenvalue weighted by Gasteiger charge is -2.12. The number of rotatable bonds is 3. The third kappa shape index (κ3) is 3.60. The second-order valence-electron chi connectivity index (χ2n) is 4.11. The summed E-state index contributed by atoms with van der Waals surface area (Å²) in [5, 5.41) is 3.16. The highest BCUT2D eigenvalue weighted by atomic mass is 14.8. The Hall–Kier alpha value is -0.820. The molecule has 0 atom stereocenters. The van der Waals surface area contributed by atoms with Crippen LogP contribution in [-0.4, -0.2) is 13.6 Å². The minimum absolute atomic E-state index is 0.206. The highest BCUT2D eigenvalue weighted by Crippen LogP contribution is 2.23. The molecule has 0 aromatic carbocycles. The van der Waals surface area contributed by atoms with Crippen LogP contribution in [0.15, 0.2) is 36.0 Å². The number of hydrogen-bond acceptors (Lipinski definition) is 1. The maximum Gasteiger partial charge on any atom is 0.00107 e. The summed E-state index contributed by atoms with van der Waals surface area (Å²) in [4.78, 5) is 0. The van der Waals surface area contributed by atoms with Crippen LogP contribution in [0, 0.1) is 5.41 Å². The molecule has 0 saturated heterocycles. The van der Waals surface area contributed by atoms with E-state index in [-0.39, 0.29) is 5.41 Å². The molecule has 0 amide bonds. The lowest BCUT2D eigenvalue weighted by Crippen LogP contribution is -2.07. The molecular formula is C12H19N. The standard InChI is InChI=1S/C12H19N/c1-12(2)8-4-5-11(6-9-12)7-10-13-3/h4-6,8-9,13H,7,10H2,1-3H3. The van der Waals surface area contributed by atoms with Crippen molar-refractivity contribution in [2.24, 2.45) is 5.41 Å². The minimum atomic E-state index is 0.206. The zero-order valence-electron chi connectivity index (χ0n) is 8.80. The van der Waals surface area contributed by atoms with Gasteiger partial charge in [0, 0.05) is 5.41 Å². The van der Waals surface area contributed by atoms with Crippen molar-refractivity contribution in [2.75, 3.05) is 13.6 Å². The molecule has 0 aromatic rings. The second-order valence-corrected chi connectivity index (χ2v) is 4.11. The zero-order chi connectivity index (χ0) is 9.73. The van der Waals surface area contributed by atoms with Crippen molar-refractivity contribution in [3.63, 3.8) is 0 Å². The molecule has 0 saturated carbocycles. The fraction of sp³-hybridized carbons (Fsp3) is 0.500. The Morgan fingerprint density at radius 3 is 2.77 bits per heavy atom. The zero-order valence-corrected chi connectivity index (χ0v) is 8.80. The largest absolute Gasteiger partial charge is 0.319 e. The Kier molecular flexibility index (Phi) is 3.49. The first-order chi connectivity index (χ1) is 6.14. The Morgan fingerprint density at radius 1 is 1.31 bits per heavy atom. The van der Waals surface area contributed by atoms with Crippen LogP contribution in [-0.2, 0) is 0 Å². The lowest BCUT2D eigenvalue weighted by atomic mass is 9.93. The summed E-state index contributed by atoms with van der Waals surface area (Å²) in [6.45, 7) is 5.48. The molecule has 1 nitrogen and oxygen atoms in total. The van der Waals surface area contributed by atoms with Crippen molar-refractivity contribution in [1.29, 1.82) is 0 Å². The van der Waals surface area contributed by atoms with Crippen LogP contribution in [0.25, 0.3) is 0 Å². The first-order valence-electron chi connectivity index (χ1n) is 4.86. The molecule has 0 unspecified atom stereocenters. The maximum absolute atomic E-state index is 3.16. The van der Waals surface area contributed by atoms with E-state index in [4.69, 9.17) is 0 Å². The van der Waals surface area contributed by atoms with Crippen molar-refractivity contribution in [3.8, 4) is 0 Å². The van der Waals surface area contributed by atoms with Crippen molar-refractivity contribution >= 4 is 0 Å². The molecule has 0 fully saturated rings. The molecule has 1 aliphatic carbocycles. The van der Waals surface area contributed by atoms with Crippen LogP contribution in [0.3, 0.4) is 0 Å². The van der Waals surface area contributed by atoms with Crippen molar-refractivity contribution < 1.29 is 0 Å². The number of allylic oxidation sites excluding steroid dienone is 5. The van der Waals surface area contributed by atoms with Gasteiger partial charge in [-0.1, -0.05) is 44.2 Å². The van der Waals surface area contributed by atoms with Gasteiger partial charge in [0.25, 0.3) is 0 Å². The highest BCUT2D eigenvalue weighted by Gasteiger charge is 2.09. The molecule has 0 aromatic heterocycles. The maximum atomic E-state index is 3.16. The van der Waals surface area contributed by atoms with Gasteiger partial charge in [-0.05, 0) is 25.6 Å². The Morgan fingerprint density at radius 2 is 2.08 bits per heavy atom. The fourth-order valence-corrected chi connectivity index (χ4v) is 1.29. The van der Waals surface area contributed by atoms with E-state index in [0.717, 1.165) is 13.0 Å². The topological polar surface area (TPSA) is 12.0 Å². The van der Waals surface area contributed by atoms with Gasteiger partial charge in [0.05, 0.1) is 0 Å². The first kappa shape index (κ1) is 10.3. The Bertz CT molecular complexity index is 244. The summed E-state index contributed by atoms with van der Waals surface area (Å²) in [5.41, 5.74) is 1.61. The van der Waals surface area contributed by atoms with E-state index in [1.807, 2.05) is 7.05 Å². The van der Waals surface area contributed by atoms with E-state index >= 15 is 0 Å². The molecule has 1 rings (SSSR count). The summed E-state index contributed by atoms with van der Waals surface area (Å²) < 4.78 is 0. The van der Waals surface area contributed by atoms with Crippen LogP contribution < -0.4 is 5.32 Å². The van der Waals surface area contributed by atoms with Crippen molar-refractivity contribution in [1.82, 2.24) is 5.32 Å². The third-order valence-electron chi connectivity index (χ3n) is 2.23. The summed E-state index contributed by atoms with van der Waals surface area (Å²) in [5.74, 6) is 0. The Balaban J connectivity index is 2.60. The average Bonchev–Trinajstić information content (AvgIpc) is 2.23. The van der Waals surface area contributed by atoms with Crippen LogP contribution in [0.4, 0.5) is 0 Å². The summed E-state index contributed by atoms with van der Waals surface area (Å²) in [6.07, 6.45) is 12.2. The van der Waals surface area contributed by atoms with Gasteiger partial charge in [0.2, 0.25) is 0 Å². The van der Waals surface area contributed by atoms with Crippen LogP contribution >= 0.6 is 0 Å². The lowest BCUT2D eigenvalue weighted by molar-refractivity contribution is 0.626. The third-order valence-corrected chi connectivity index (χ3v) is 2.23. The average molecular weight is 177 g/mol. The number of nitrogens with one attached hydrogen (secondary N) is 1. The van der Waals surface area contributed by atoms with Gasteiger partial charge in [-0.3, -0.25) is 0 Å². The predicted molar refractivity (Wildman–Crippen MR) is 58.7 cm³/mol. The van der Waals surface area contributed by atoms with E-state index < -0.39 is 0 Å². The van der Waals surface area contributed by atoms with Gasteiger partial charge in [0.15, 0.2) is 0 Å². The summed E-state index contributed by atoms with van der Waals surface area (Å²) in [6, 6.07) is 0. The predicted octanol–water partition coefficient (Wildman–Crippen LogP) is 2.67. The van der Waals surface area contributed by atoms with E-state index in [1.165, 1.54) is 5.57 Å². The SMILES string of the molecule is CNCCC1=CC=CC(C)(C)C=C1. The van der Waals surface area contributed by atoms with Crippen LogP contribution in [0.1, 0.15) is 20.3 Å². The molecule has 72 valence electrons.